The Labute approximate surface area is 194 Å². The molecule has 4 rings (SSSR count). The van der Waals surface area contributed by atoms with E-state index < -0.39 is 11.7 Å². The number of carbonyl (C=O) groups excluding carboxylic acids is 1. The summed E-state index contributed by atoms with van der Waals surface area (Å²) in [6, 6.07) is 10.4. The van der Waals surface area contributed by atoms with Gasteiger partial charge in [-0.15, -0.1) is 0 Å². The topological polar surface area (TPSA) is 49.3 Å². The van der Waals surface area contributed by atoms with Crippen molar-refractivity contribution >= 4 is 23.3 Å². The maximum Gasteiger partial charge on any atom is 0.416 e. The number of carbonyl (C=O) groups is 1. The number of nitrogens with zero attached hydrogens (tertiary/aromatic N) is 4. The van der Waals surface area contributed by atoms with E-state index in [1.54, 1.807) is 12.3 Å². The first-order valence-corrected chi connectivity index (χ1v) is 11.0. The standard InChI is InChI=1S/C24H22ClF3N4O/c1-2-22(33)32-13-11-31(12-14-32)21-8-7-18(16-3-5-17(6-4-16)24(26,27)28)23(30-21)19-9-10-29-15-20(19)25/h3-10,15H,2,11-14H2,1H3. The van der Waals surface area contributed by atoms with E-state index in [4.69, 9.17) is 16.6 Å². The van der Waals surface area contributed by atoms with Gasteiger partial charge in [0.1, 0.15) is 5.82 Å². The Morgan fingerprint density at radius 2 is 1.70 bits per heavy atom. The lowest BCUT2D eigenvalue weighted by atomic mass is 9.98. The van der Waals surface area contributed by atoms with Gasteiger partial charge in [0.15, 0.2) is 0 Å². The fourth-order valence-corrected chi connectivity index (χ4v) is 4.09. The Morgan fingerprint density at radius 1 is 1.00 bits per heavy atom. The number of hydrogen-bond donors (Lipinski definition) is 0. The Hall–Kier alpha value is -3.13. The lowest BCUT2D eigenvalue weighted by Gasteiger charge is -2.35. The Balaban J connectivity index is 1.71. The minimum Gasteiger partial charge on any atom is -0.353 e. The molecule has 9 heteroatoms. The highest BCUT2D eigenvalue weighted by atomic mass is 35.5. The molecule has 0 bridgehead atoms. The zero-order valence-corrected chi connectivity index (χ0v) is 18.7. The summed E-state index contributed by atoms with van der Waals surface area (Å²) in [6.07, 6.45) is -0.817. The van der Waals surface area contributed by atoms with E-state index in [2.05, 4.69) is 9.88 Å². The van der Waals surface area contributed by atoms with Crippen LogP contribution in [0.25, 0.3) is 22.4 Å². The summed E-state index contributed by atoms with van der Waals surface area (Å²) in [5, 5.41) is 0.397. The van der Waals surface area contributed by atoms with Crippen LogP contribution in [0.1, 0.15) is 18.9 Å². The predicted octanol–water partition coefficient (Wildman–Crippen LogP) is 5.54. The Kier molecular flexibility index (Phi) is 6.56. The highest BCUT2D eigenvalue weighted by molar-refractivity contribution is 6.33. The summed E-state index contributed by atoms with van der Waals surface area (Å²) in [4.78, 5) is 24.8. The Morgan fingerprint density at radius 3 is 2.30 bits per heavy atom. The summed E-state index contributed by atoms with van der Waals surface area (Å²) < 4.78 is 39.0. The molecule has 0 spiro atoms. The lowest BCUT2D eigenvalue weighted by Crippen LogP contribution is -2.48. The van der Waals surface area contributed by atoms with E-state index in [9.17, 15) is 18.0 Å². The number of hydrogen-bond acceptors (Lipinski definition) is 4. The summed E-state index contributed by atoms with van der Waals surface area (Å²) >= 11 is 6.40. The van der Waals surface area contributed by atoms with Crippen molar-refractivity contribution in [3.05, 3.63) is 65.4 Å². The minimum absolute atomic E-state index is 0.129. The smallest absolute Gasteiger partial charge is 0.353 e. The molecule has 0 radical (unpaired) electrons. The van der Waals surface area contributed by atoms with E-state index in [0.29, 0.717) is 60.0 Å². The molecule has 1 aliphatic rings. The van der Waals surface area contributed by atoms with Crippen molar-refractivity contribution in [2.45, 2.75) is 19.5 Å². The molecule has 2 aromatic heterocycles. The molecule has 0 atom stereocenters. The quantitative estimate of drug-likeness (QED) is 0.498. The van der Waals surface area contributed by atoms with E-state index in [1.807, 2.05) is 24.0 Å². The van der Waals surface area contributed by atoms with Crippen LogP contribution in [0, 0.1) is 0 Å². The van der Waals surface area contributed by atoms with E-state index in [-0.39, 0.29) is 5.91 Å². The maximum absolute atomic E-state index is 13.0. The molecular formula is C24H22ClF3N4O. The SMILES string of the molecule is CCC(=O)N1CCN(c2ccc(-c3ccc(C(F)(F)F)cc3)c(-c3ccncc3Cl)n2)CC1. The van der Waals surface area contributed by atoms with Crippen LogP contribution in [0.2, 0.25) is 5.02 Å². The first-order chi connectivity index (χ1) is 15.8. The van der Waals surface area contributed by atoms with Gasteiger partial charge in [0.05, 0.1) is 16.3 Å². The highest BCUT2D eigenvalue weighted by Gasteiger charge is 2.30. The van der Waals surface area contributed by atoms with Crippen molar-refractivity contribution in [2.75, 3.05) is 31.1 Å². The van der Waals surface area contributed by atoms with Gasteiger partial charge in [0.25, 0.3) is 0 Å². The summed E-state index contributed by atoms with van der Waals surface area (Å²) in [5.41, 5.74) is 1.76. The number of pyridine rings is 2. The molecule has 0 unspecified atom stereocenters. The summed E-state index contributed by atoms with van der Waals surface area (Å²) in [6.45, 7) is 4.35. The molecule has 1 fully saturated rings. The first-order valence-electron chi connectivity index (χ1n) is 10.6. The normalized spacial score (nSPS) is 14.5. The number of alkyl halides is 3. The maximum atomic E-state index is 13.0. The van der Waals surface area contributed by atoms with Gasteiger partial charge in [-0.2, -0.15) is 13.2 Å². The van der Waals surface area contributed by atoms with Crippen LogP contribution < -0.4 is 4.90 Å². The van der Waals surface area contributed by atoms with Crippen LogP contribution in [0.15, 0.2) is 54.9 Å². The number of halogens is 4. The number of piperazine rings is 1. The van der Waals surface area contributed by atoms with Gasteiger partial charge in [0.2, 0.25) is 5.91 Å². The van der Waals surface area contributed by atoms with Crippen LogP contribution >= 0.6 is 11.6 Å². The molecule has 3 aromatic rings. The van der Waals surface area contributed by atoms with Crippen LogP contribution in [-0.2, 0) is 11.0 Å². The van der Waals surface area contributed by atoms with Crippen LogP contribution in [0.4, 0.5) is 19.0 Å². The van der Waals surface area contributed by atoms with Gasteiger partial charge >= 0.3 is 6.18 Å². The molecule has 172 valence electrons. The van der Waals surface area contributed by atoms with Gasteiger partial charge in [-0.3, -0.25) is 9.78 Å². The third-order valence-corrected chi connectivity index (χ3v) is 5.99. The van der Waals surface area contributed by atoms with E-state index >= 15 is 0 Å². The molecule has 5 nitrogen and oxygen atoms in total. The monoisotopic (exact) mass is 474 g/mol. The molecule has 1 aromatic carbocycles. The molecule has 1 amide bonds. The van der Waals surface area contributed by atoms with Crippen LogP contribution in [0.3, 0.4) is 0 Å². The fourth-order valence-electron chi connectivity index (χ4n) is 3.88. The van der Waals surface area contributed by atoms with Crippen molar-refractivity contribution in [3.8, 4) is 22.4 Å². The van der Waals surface area contributed by atoms with Crippen molar-refractivity contribution in [3.63, 3.8) is 0 Å². The Bertz CT molecular complexity index is 1140. The fraction of sp³-hybridized carbons (Fsp3) is 0.292. The molecule has 0 N–H and O–H groups in total. The number of aromatic nitrogens is 2. The van der Waals surface area contributed by atoms with Gasteiger partial charge in [-0.25, -0.2) is 4.98 Å². The average molecular weight is 475 g/mol. The van der Waals surface area contributed by atoms with Gasteiger partial charge < -0.3 is 9.80 Å². The van der Waals surface area contributed by atoms with Gasteiger partial charge in [-0.05, 0) is 35.9 Å². The van der Waals surface area contributed by atoms with Crippen molar-refractivity contribution < 1.29 is 18.0 Å². The molecule has 33 heavy (non-hydrogen) atoms. The number of rotatable bonds is 4. The second-order valence-corrected chi connectivity index (χ2v) is 8.12. The van der Waals surface area contributed by atoms with Crippen molar-refractivity contribution in [1.82, 2.24) is 14.9 Å². The first kappa shape index (κ1) is 23.0. The molecule has 3 heterocycles. The zero-order valence-electron chi connectivity index (χ0n) is 17.9. The second kappa shape index (κ2) is 9.39. The average Bonchev–Trinajstić information content (AvgIpc) is 2.83. The van der Waals surface area contributed by atoms with E-state index in [0.717, 1.165) is 18.0 Å². The number of benzene rings is 1. The molecule has 0 aliphatic carbocycles. The van der Waals surface area contributed by atoms with Gasteiger partial charge in [-0.1, -0.05) is 30.7 Å². The third-order valence-electron chi connectivity index (χ3n) is 5.69. The number of anilines is 1. The molecule has 1 aliphatic heterocycles. The second-order valence-electron chi connectivity index (χ2n) is 7.72. The largest absolute Gasteiger partial charge is 0.416 e. The summed E-state index contributed by atoms with van der Waals surface area (Å²) in [7, 11) is 0. The third kappa shape index (κ3) is 4.95. The van der Waals surface area contributed by atoms with E-state index in [1.165, 1.54) is 18.3 Å². The lowest BCUT2D eigenvalue weighted by molar-refractivity contribution is -0.137. The highest BCUT2D eigenvalue weighted by Crippen LogP contribution is 2.37. The number of amides is 1. The van der Waals surface area contributed by atoms with Crippen LogP contribution in [-0.4, -0.2) is 47.0 Å². The van der Waals surface area contributed by atoms with Crippen molar-refractivity contribution in [2.24, 2.45) is 0 Å². The minimum atomic E-state index is -4.40. The zero-order chi connectivity index (χ0) is 23.6. The molecular weight excluding hydrogens is 453 g/mol. The van der Waals surface area contributed by atoms with Gasteiger partial charge in [0, 0.05) is 56.1 Å². The van der Waals surface area contributed by atoms with Crippen molar-refractivity contribution in [1.29, 1.82) is 0 Å². The molecule has 1 saturated heterocycles. The predicted molar refractivity (Wildman–Crippen MR) is 122 cm³/mol. The molecule has 0 saturated carbocycles. The summed E-state index contributed by atoms with van der Waals surface area (Å²) in [5.74, 6) is 0.849. The van der Waals surface area contributed by atoms with Crippen LogP contribution in [0.5, 0.6) is 0 Å².